The monoisotopic (exact) mass is 335 g/mol. The van der Waals surface area contributed by atoms with Crippen molar-refractivity contribution in [3.05, 3.63) is 54.0 Å². The van der Waals surface area contributed by atoms with E-state index in [1.54, 1.807) is 11.3 Å². The van der Waals surface area contributed by atoms with Gasteiger partial charge in [0.15, 0.2) is 0 Å². The van der Waals surface area contributed by atoms with E-state index in [-0.39, 0.29) is 0 Å². The van der Waals surface area contributed by atoms with Gasteiger partial charge in [0.25, 0.3) is 0 Å². The van der Waals surface area contributed by atoms with E-state index in [1.165, 1.54) is 20.7 Å². The number of benzene rings is 2. The summed E-state index contributed by atoms with van der Waals surface area (Å²) in [6.45, 7) is 0. The van der Waals surface area contributed by atoms with Crippen molar-refractivity contribution in [2.75, 3.05) is 16.5 Å². The molecule has 112 valence electrons. The van der Waals surface area contributed by atoms with Gasteiger partial charge in [-0.3, -0.25) is 4.98 Å². The van der Waals surface area contributed by atoms with Crippen LogP contribution < -0.4 is 10.6 Å². The molecule has 0 unspecified atom stereocenters. The minimum atomic E-state index is 0.952. The van der Waals surface area contributed by atoms with Gasteiger partial charge in [0.1, 0.15) is 0 Å². The molecule has 0 aliphatic carbocycles. The van der Waals surface area contributed by atoms with Crippen molar-refractivity contribution in [3.8, 4) is 0 Å². The summed E-state index contributed by atoms with van der Waals surface area (Å²) in [4.78, 5) is 5.84. The van der Waals surface area contributed by atoms with Gasteiger partial charge in [0, 0.05) is 32.6 Å². The van der Waals surface area contributed by atoms with Gasteiger partial charge < -0.3 is 10.6 Å². The number of hydrogen-bond donors (Lipinski definition) is 2. The lowest BCUT2D eigenvalue weighted by atomic mass is 10.1. The summed E-state index contributed by atoms with van der Waals surface area (Å²) in [6, 6.07) is 15.0. The van der Waals surface area contributed by atoms with E-state index in [2.05, 4.69) is 57.4 Å². The smallest absolute Gasteiger partial charge is 0.0729 e. The molecule has 5 rings (SSSR count). The predicted octanol–water partition coefficient (Wildman–Crippen LogP) is 5.67. The lowest BCUT2D eigenvalue weighted by Gasteiger charge is -2.11. The van der Waals surface area contributed by atoms with Crippen LogP contribution in [0, 0.1) is 0 Å². The highest BCUT2D eigenvalue weighted by Crippen LogP contribution is 2.37. The van der Waals surface area contributed by atoms with Gasteiger partial charge in [-0.05, 0) is 53.2 Å². The average Bonchev–Trinajstić information content (AvgIpc) is 3.21. The topological polar surface area (TPSA) is 37.0 Å². The van der Waals surface area contributed by atoms with Gasteiger partial charge in [-0.25, -0.2) is 0 Å². The maximum atomic E-state index is 4.52. The summed E-state index contributed by atoms with van der Waals surface area (Å²) in [5.74, 6) is 0.952. The Morgan fingerprint density at radius 2 is 2.09 bits per heavy atom. The van der Waals surface area contributed by atoms with Crippen LogP contribution in [0.5, 0.6) is 0 Å². The molecule has 1 aliphatic heterocycles. The second-order valence-electron chi connectivity index (χ2n) is 5.49. The summed E-state index contributed by atoms with van der Waals surface area (Å²) in [7, 11) is 0. The van der Waals surface area contributed by atoms with E-state index >= 15 is 0 Å². The highest BCUT2D eigenvalue weighted by Gasteiger charge is 2.11. The minimum absolute atomic E-state index is 0.952. The Balaban J connectivity index is 1.62. The van der Waals surface area contributed by atoms with Crippen LogP contribution in [0.25, 0.3) is 21.0 Å². The van der Waals surface area contributed by atoms with Crippen LogP contribution in [-0.4, -0.2) is 10.9 Å². The first-order valence-corrected chi connectivity index (χ1v) is 9.27. The van der Waals surface area contributed by atoms with Crippen molar-refractivity contribution in [2.24, 2.45) is 0 Å². The molecule has 0 fully saturated rings. The fourth-order valence-electron chi connectivity index (χ4n) is 2.93. The Bertz CT molecular complexity index is 1040. The zero-order valence-corrected chi connectivity index (χ0v) is 13.8. The van der Waals surface area contributed by atoms with Gasteiger partial charge in [0.05, 0.1) is 17.1 Å². The highest BCUT2D eigenvalue weighted by molar-refractivity contribution is 7.99. The molecule has 23 heavy (non-hydrogen) atoms. The number of pyridine rings is 1. The van der Waals surface area contributed by atoms with E-state index in [1.807, 2.05) is 24.0 Å². The molecule has 0 saturated carbocycles. The van der Waals surface area contributed by atoms with Crippen LogP contribution in [0.1, 0.15) is 0 Å². The van der Waals surface area contributed by atoms with Gasteiger partial charge in [0.2, 0.25) is 0 Å². The fourth-order valence-corrected chi connectivity index (χ4v) is 4.57. The quantitative estimate of drug-likeness (QED) is 0.495. The molecule has 3 nitrogen and oxygen atoms in total. The Kier molecular flexibility index (Phi) is 2.96. The van der Waals surface area contributed by atoms with Crippen molar-refractivity contribution in [1.29, 1.82) is 0 Å². The van der Waals surface area contributed by atoms with E-state index < -0.39 is 0 Å². The molecule has 0 radical (unpaired) electrons. The first-order chi connectivity index (χ1) is 11.4. The number of thiophene rings is 1. The molecule has 0 bridgehead atoms. The van der Waals surface area contributed by atoms with E-state index in [0.717, 1.165) is 28.2 Å². The number of nitrogens with one attached hydrogen (secondary N) is 2. The van der Waals surface area contributed by atoms with Gasteiger partial charge in [-0.15, -0.1) is 23.1 Å². The predicted molar refractivity (Wildman–Crippen MR) is 101 cm³/mol. The van der Waals surface area contributed by atoms with E-state index in [9.17, 15) is 0 Å². The molecule has 4 aromatic rings. The number of anilines is 3. The number of aromatic nitrogens is 1. The largest absolute Gasteiger partial charge is 0.375 e. The normalized spacial score (nSPS) is 13.2. The number of hydrogen-bond acceptors (Lipinski definition) is 5. The second-order valence-corrected chi connectivity index (χ2v) is 7.45. The zero-order valence-electron chi connectivity index (χ0n) is 12.2. The third-order valence-corrected chi connectivity index (χ3v) is 5.90. The molecule has 0 amide bonds. The van der Waals surface area contributed by atoms with Crippen LogP contribution in [-0.2, 0) is 0 Å². The number of rotatable bonds is 2. The fraction of sp³-hybridized carbons (Fsp3) is 0.0556. The standard InChI is InChI=1S/C18H13N3S2/c1-2-17-16(20-10-23-17)8-12(1)21-14-3-5-19-15-7-11-4-6-22-18(11)9-13(14)15/h1-9,20H,10H2,(H,19,21). The lowest BCUT2D eigenvalue weighted by molar-refractivity contribution is 1.40. The molecule has 5 heteroatoms. The lowest BCUT2D eigenvalue weighted by Crippen LogP contribution is -1.94. The number of nitrogens with zero attached hydrogens (tertiary/aromatic N) is 1. The molecule has 3 heterocycles. The summed E-state index contributed by atoms with van der Waals surface area (Å²) < 4.78 is 1.29. The molecule has 0 saturated heterocycles. The molecule has 0 atom stereocenters. The van der Waals surface area contributed by atoms with Crippen molar-refractivity contribution >= 4 is 61.1 Å². The second kappa shape index (κ2) is 5.15. The van der Waals surface area contributed by atoms with Crippen LogP contribution in [0.3, 0.4) is 0 Å². The van der Waals surface area contributed by atoms with Gasteiger partial charge in [-0.2, -0.15) is 0 Å². The third-order valence-electron chi connectivity index (χ3n) is 4.06. The molecule has 2 aromatic heterocycles. The molecule has 2 N–H and O–H groups in total. The maximum Gasteiger partial charge on any atom is 0.0729 e. The van der Waals surface area contributed by atoms with E-state index in [0.29, 0.717) is 0 Å². The molecule has 2 aromatic carbocycles. The van der Waals surface area contributed by atoms with E-state index in [4.69, 9.17) is 0 Å². The molecule has 1 aliphatic rings. The first-order valence-electron chi connectivity index (χ1n) is 7.40. The minimum Gasteiger partial charge on any atom is -0.375 e. The van der Waals surface area contributed by atoms with Gasteiger partial charge in [-0.1, -0.05) is 0 Å². The SMILES string of the molecule is c1cc(Nc2ccc3c(c2)NCS3)c2cc3sccc3cc2n1. The van der Waals surface area contributed by atoms with Crippen molar-refractivity contribution in [2.45, 2.75) is 4.90 Å². The van der Waals surface area contributed by atoms with Crippen LogP contribution in [0.15, 0.2) is 58.9 Å². The Morgan fingerprint density at radius 1 is 1.09 bits per heavy atom. The summed E-state index contributed by atoms with van der Waals surface area (Å²) >= 11 is 3.61. The summed E-state index contributed by atoms with van der Waals surface area (Å²) in [5.41, 5.74) is 4.42. The van der Waals surface area contributed by atoms with Crippen molar-refractivity contribution in [3.63, 3.8) is 0 Å². The summed E-state index contributed by atoms with van der Waals surface area (Å²) in [6.07, 6.45) is 1.87. The number of thioether (sulfide) groups is 1. The summed E-state index contributed by atoms with van der Waals surface area (Å²) in [5, 5.41) is 11.5. The van der Waals surface area contributed by atoms with Crippen molar-refractivity contribution < 1.29 is 0 Å². The van der Waals surface area contributed by atoms with Crippen LogP contribution >= 0.6 is 23.1 Å². The number of fused-ring (bicyclic) bond motifs is 3. The molecule has 0 spiro atoms. The van der Waals surface area contributed by atoms with Crippen LogP contribution in [0.4, 0.5) is 17.1 Å². The first kappa shape index (κ1) is 13.2. The zero-order chi connectivity index (χ0) is 15.2. The molecular formula is C18H13N3S2. The van der Waals surface area contributed by atoms with Crippen molar-refractivity contribution in [1.82, 2.24) is 4.98 Å². The third kappa shape index (κ3) is 2.24. The van der Waals surface area contributed by atoms with Crippen LogP contribution in [0.2, 0.25) is 0 Å². The Morgan fingerprint density at radius 3 is 3.09 bits per heavy atom. The molecular weight excluding hydrogens is 322 g/mol. The Hall–Kier alpha value is -2.24. The maximum absolute atomic E-state index is 4.52. The Labute approximate surface area is 141 Å². The van der Waals surface area contributed by atoms with Gasteiger partial charge >= 0.3 is 0 Å². The highest BCUT2D eigenvalue weighted by atomic mass is 32.2. The average molecular weight is 335 g/mol.